The molecule has 4 rings (SSSR count). The second-order valence-corrected chi connectivity index (χ2v) is 6.44. The highest BCUT2D eigenvalue weighted by molar-refractivity contribution is 6.03. The summed E-state index contributed by atoms with van der Waals surface area (Å²) in [5, 5.41) is 9.80. The first-order valence-corrected chi connectivity index (χ1v) is 8.53. The number of benzene rings is 3. The molecule has 0 aliphatic carbocycles. The van der Waals surface area contributed by atoms with Gasteiger partial charge in [0.05, 0.1) is 11.3 Å². The lowest BCUT2D eigenvalue weighted by molar-refractivity contribution is 0.0699. The minimum absolute atomic E-state index is 0.0390. The van der Waals surface area contributed by atoms with Gasteiger partial charge in [0.25, 0.3) is 0 Å². The fourth-order valence-corrected chi connectivity index (χ4v) is 3.12. The van der Waals surface area contributed by atoms with Crippen molar-refractivity contribution in [1.82, 2.24) is 4.98 Å². The number of aromatic carboxylic acids is 1. The number of pyridine rings is 1. The van der Waals surface area contributed by atoms with E-state index >= 15 is 0 Å². The molecule has 132 valence electrons. The van der Waals surface area contributed by atoms with E-state index in [4.69, 9.17) is 0 Å². The zero-order valence-corrected chi connectivity index (χ0v) is 14.6. The number of carboxylic acid groups (broad SMARTS) is 1. The summed E-state index contributed by atoms with van der Waals surface area (Å²) < 4.78 is 14.2. The van der Waals surface area contributed by atoms with Crippen LogP contribution in [0.1, 0.15) is 15.9 Å². The number of hydrogen-bond acceptors (Lipinski definition) is 2. The van der Waals surface area contributed by atoms with Crippen molar-refractivity contribution in [3.05, 3.63) is 89.7 Å². The van der Waals surface area contributed by atoms with Crippen LogP contribution in [0.5, 0.6) is 0 Å². The number of carboxylic acids is 1. The van der Waals surface area contributed by atoms with Crippen LogP contribution in [0.3, 0.4) is 0 Å². The van der Waals surface area contributed by atoms with E-state index in [1.165, 1.54) is 23.8 Å². The Bertz CT molecular complexity index is 1150. The fraction of sp³-hybridized carbons (Fsp3) is 0.0435. The summed E-state index contributed by atoms with van der Waals surface area (Å²) in [6, 6.07) is 21.7. The van der Waals surface area contributed by atoms with Crippen molar-refractivity contribution in [2.24, 2.45) is 0 Å². The fourth-order valence-electron chi connectivity index (χ4n) is 3.12. The zero-order valence-electron chi connectivity index (χ0n) is 14.6. The Morgan fingerprint density at radius 3 is 2.11 bits per heavy atom. The molecule has 0 radical (unpaired) electrons. The van der Waals surface area contributed by atoms with Gasteiger partial charge in [-0.25, -0.2) is 14.2 Å². The Balaban J connectivity index is 1.81. The molecule has 0 aliphatic rings. The number of carbonyl (C=O) groups is 1. The SMILES string of the molecule is Cc1ccc(-c2ccc(-c3cc(C(=O)O)c4cccc(F)c4n3)cc2)cc1. The van der Waals surface area contributed by atoms with Crippen LogP contribution in [0.25, 0.3) is 33.3 Å². The van der Waals surface area contributed by atoms with Crippen LogP contribution in [0, 0.1) is 12.7 Å². The quantitative estimate of drug-likeness (QED) is 0.510. The number of hydrogen-bond donors (Lipinski definition) is 1. The Hall–Kier alpha value is -3.53. The molecule has 3 aromatic carbocycles. The number of aryl methyl sites for hydroxylation is 1. The molecule has 0 aliphatic heterocycles. The Morgan fingerprint density at radius 1 is 0.889 bits per heavy atom. The summed E-state index contributed by atoms with van der Waals surface area (Å²) in [5.74, 6) is -1.64. The first-order valence-electron chi connectivity index (χ1n) is 8.53. The predicted molar refractivity (Wildman–Crippen MR) is 104 cm³/mol. The van der Waals surface area contributed by atoms with Crippen molar-refractivity contribution in [2.75, 3.05) is 0 Å². The van der Waals surface area contributed by atoms with E-state index in [0.717, 1.165) is 16.7 Å². The van der Waals surface area contributed by atoms with Crippen molar-refractivity contribution in [1.29, 1.82) is 0 Å². The van der Waals surface area contributed by atoms with Gasteiger partial charge in [-0.3, -0.25) is 0 Å². The summed E-state index contributed by atoms with van der Waals surface area (Å²) >= 11 is 0. The standard InChI is InChI=1S/C23H16FNO2/c1-14-5-7-15(8-6-14)16-9-11-17(12-10-16)21-13-19(23(26)27)18-3-2-4-20(24)22(18)25-21/h2-13H,1H3,(H,26,27). The molecule has 0 unspecified atom stereocenters. The van der Waals surface area contributed by atoms with Crippen LogP contribution in [0.2, 0.25) is 0 Å². The van der Waals surface area contributed by atoms with Gasteiger partial charge in [0.2, 0.25) is 0 Å². The lowest BCUT2D eigenvalue weighted by Gasteiger charge is -2.09. The number of halogens is 1. The molecule has 0 atom stereocenters. The van der Waals surface area contributed by atoms with Crippen LogP contribution < -0.4 is 0 Å². The summed E-state index contributed by atoms with van der Waals surface area (Å²) in [6.07, 6.45) is 0. The summed E-state index contributed by atoms with van der Waals surface area (Å²) in [4.78, 5) is 16.0. The maximum Gasteiger partial charge on any atom is 0.336 e. The second-order valence-electron chi connectivity index (χ2n) is 6.44. The minimum atomic E-state index is -1.11. The predicted octanol–water partition coefficient (Wildman–Crippen LogP) is 5.71. The minimum Gasteiger partial charge on any atom is -0.478 e. The van der Waals surface area contributed by atoms with Gasteiger partial charge in [0.1, 0.15) is 11.3 Å². The highest BCUT2D eigenvalue weighted by Crippen LogP contribution is 2.28. The van der Waals surface area contributed by atoms with Gasteiger partial charge in [0.15, 0.2) is 0 Å². The average molecular weight is 357 g/mol. The molecule has 0 bridgehead atoms. The number of fused-ring (bicyclic) bond motifs is 1. The average Bonchev–Trinajstić information content (AvgIpc) is 2.68. The summed E-state index contributed by atoms with van der Waals surface area (Å²) in [7, 11) is 0. The highest BCUT2D eigenvalue weighted by Gasteiger charge is 2.15. The smallest absolute Gasteiger partial charge is 0.336 e. The molecule has 0 saturated carbocycles. The van der Waals surface area contributed by atoms with Crippen molar-refractivity contribution in [3.63, 3.8) is 0 Å². The lowest BCUT2D eigenvalue weighted by atomic mass is 10.00. The first kappa shape index (κ1) is 16.9. The van der Waals surface area contributed by atoms with Gasteiger partial charge in [0, 0.05) is 10.9 Å². The number of para-hydroxylation sites is 1. The molecule has 0 saturated heterocycles. The zero-order chi connectivity index (χ0) is 19.0. The number of rotatable bonds is 3. The third-order valence-corrected chi connectivity index (χ3v) is 4.59. The third-order valence-electron chi connectivity index (χ3n) is 4.59. The van der Waals surface area contributed by atoms with E-state index in [1.54, 1.807) is 6.07 Å². The second kappa shape index (κ2) is 6.65. The molecule has 4 aromatic rings. The van der Waals surface area contributed by atoms with Gasteiger partial charge < -0.3 is 5.11 Å². The Kier molecular flexibility index (Phi) is 4.16. The van der Waals surface area contributed by atoms with Crippen molar-refractivity contribution < 1.29 is 14.3 Å². The first-order chi connectivity index (χ1) is 13.0. The van der Waals surface area contributed by atoms with Gasteiger partial charge >= 0.3 is 5.97 Å². The van der Waals surface area contributed by atoms with E-state index in [2.05, 4.69) is 29.2 Å². The van der Waals surface area contributed by atoms with Crippen molar-refractivity contribution in [2.45, 2.75) is 6.92 Å². The van der Waals surface area contributed by atoms with E-state index in [9.17, 15) is 14.3 Å². The van der Waals surface area contributed by atoms with E-state index in [1.807, 2.05) is 31.2 Å². The van der Waals surface area contributed by atoms with Gasteiger partial charge in [-0.15, -0.1) is 0 Å². The lowest BCUT2D eigenvalue weighted by Crippen LogP contribution is -2.01. The Labute approximate surface area is 155 Å². The van der Waals surface area contributed by atoms with Crippen LogP contribution in [-0.2, 0) is 0 Å². The Morgan fingerprint density at radius 2 is 1.48 bits per heavy atom. The molecule has 3 nitrogen and oxygen atoms in total. The number of aromatic nitrogens is 1. The molecule has 0 fully saturated rings. The highest BCUT2D eigenvalue weighted by atomic mass is 19.1. The maximum absolute atomic E-state index is 14.2. The summed E-state index contributed by atoms with van der Waals surface area (Å²) in [5.41, 5.74) is 4.60. The number of nitrogens with zero attached hydrogens (tertiary/aromatic N) is 1. The van der Waals surface area contributed by atoms with Gasteiger partial charge in [-0.2, -0.15) is 0 Å². The topological polar surface area (TPSA) is 50.2 Å². The maximum atomic E-state index is 14.2. The van der Waals surface area contributed by atoms with Crippen LogP contribution >= 0.6 is 0 Å². The molecular formula is C23H16FNO2. The van der Waals surface area contributed by atoms with Crippen LogP contribution in [0.15, 0.2) is 72.8 Å². The largest absolute Gasteiger partial charge is 0.478 e. The van der Waals surface area contributed by atoms with Gasteiger partial charge in [-0.05, 0) is 30.2 Å². The van der Waals surface area contributed by atoms with Crippen molar-refractivity contribution >= 4 is 16.9 Å². The molecule has 0 amide bonds. The molecule has 1 aromatic heterocycles. The van der Waals surface area contributed by atoms with Crippen LogP contribution in [-0.4, -0.2) is 16.1 Å². The third kappa shape index (κ3) is 3.17. The van der Waals surface area contributed by atoms with E-state index in [0.29, 0.717) is 11.1 Å². The van der Waals surface area contributed by atoms with Gasteiger partial charge in [-0.1, -0.05) is 66.2 Å². The molecule has 1 N–H and O–H groups in total. The monoisotopic (exact) mass is 357 g/mol. The van der Waals surface area contributed by atoms with E-state index < -0.39 is 11.8 Å². The van der Waals surface area contributed by atoms with E-state index in [-0.39, 0.29) is 11.1 Å². The molecule has 4 heteroatoms. The molecule has 1 heterocycles. The molecular weight excluding hydrogens is 341 g/mol. The van der Waals surface area contributed by atoms with Crippen LogP contribution in [0.4, 0.5) is 4.39 Å². The van der Waals surface area contributed by atoms with Crippen molar-refractivity contribution in [3.8, 4) is 22.4 Å². The molecule has 27 heavy (non-hydrogen) atoms. The summed E-state index contributed by atoms with van der Waals surface area (Å²) in [6.45, 7) is 2.04. The molecule has 0 spiro atoms. The normalized spacial score (nSPS) is 10.9.